The maximum atomic E-state index is 5.54. The van der Waals surface area contributed by atoms with Crippen molar-refractivity contribution >= 4 is 27.4 Å². The number of ether oxygens (including phenoxy) is 2. The van der Waals surface area contributed by atoms with Crippen molar-refractivity contribution in [3.05, 3.63) is 64.8 Å². The number of anilines is 1. The third-order valence-electron chi connectivity index (χ3n) is 6.54. The van der Waals surface area contributed by atoms with Crippen LogP contribution in [0, 0.1) is 13.8 Å². The minimum absolute atomic E-state index is 0.317. The third kappa shape index (κ3) is 3.81. The monoisotopic (exact) mass is 458 g/mol. The van der Waals surface area contributed by atoms with E-state index in [2.05, 4.69) is 64.3 Å². The number of fused-ring (bicyclic) bond motifs is 2. The summed E-state index contributed by atoms with van der Waals surface area (Å²) in [6.07, 6.45) is 1.71. The van der Waals surface area contributed by atoms with Gasteiger partial charge < -0.3 is 14.4 Å². The lowest BCUT2D eigenvalue weighted by Crippen LogP contribution is -2.46. The molecule has 1 fully saturated rings. The van der Waals surface area contributed by atoms with Crippen molar-refractivity contribution in [2.75, 3.05) is 37.9 Å². The Morgan fingerprint density at radius 2 is 1.76 bits per heavy atom. The maximum Gasteiger partial charge on any atom is 0.231 e. The van der Waals surface area contributed by atoms with Crippen LogP contribution in [0.2, 0.25) is 0 Å². The zero-order valence-electron chi connectivity index (χ0n) is 18.9. The number of aromatic nitrogens is 2. The number of thiophene rings is 1. The van der Waals surface area contributed by atoms with Crippen LogP contribution >= 0.6 is 11.3 Å². The Morgan fingerprint density at radius 1 is 0.909 bits per heavy atom. The molecule has 2 aromatic heterocycles. The highest BCUT2D eigenvalue weighted by Crippen LogP contribution is 2.39. The fourth-order valence-electron chi connectivity index (χ4n) is 4.83. The standard InChI is InChI=1S/C26H26N4O2S/c1-17-3-5-20(18(2)11-17)21-14-33-26-24(21)25(27-15-28-26)30-9-7-29(8-10-30)13-19-4-6-22-23(12-19)32-16-31-22/h3-6,11-12,14-15H,7-10,13,16H2,1-2H3. The predicted molar refractivity (Wildman–Crippen MR) is 132 cm³/mol. The fourth-order valence-corrected chi connectivity index (χ4v) is 5.73. The van der Waals surface area contributed by atoms with Gasteiger partial charge in [-0.05, 0) is 42.7 Å². The lowest BCUT2D eigenvalue weighted by molar-refractivity contribution is 0.174. The topological polar surface area (TPSA) is 50.7 Å². The molecule has 7 heteroatoms. The number of rotatable bonds is 4. The van der Waals surface area contributed by atoms with E-state index in [1.54, 1.807) is 17.7 Å². The van der Waals surface area contributed by atoms with Crippen LogP contribution in [0.4, 0.5) is 5.82 Å². The van der Waals surface area contributed by atoms with Crippen molar-refractivity contribution in [3.63, 3.8) is 0 Å². The first-order valence-corrected chi connectivity index (χ1v) is 12.2. The molecule has 4 heterocycles. The van der Waals surface area contributed by atoms with Crippen LogP contribution in [0.25, 0.3) is 21.3 Å². The molecule has 4 aromatic rings. The highest BCUT2D eigenvalue weighted by atomic mass is 32.1. The number of hydrogen-bond acceptors (Lipinski definition) is 7. The quantitative estimate of drug-likeness (QED) is 0.428. The molecule has 1 saturated heterocycles. The van der Waals surface area contributed by atoms with Gasteiger partial charge in [-0.2, -0.15) is 0 Å². The van der Waals surface area contributed by atoms with E-state index in [0.717, 1.165) is 54.9 Å². The highest BCUT2D eigenvalue weighted by molar-refractivity contribution is 7.17. The molecule has 0 radical (unpaired) electrons. The van der Waals surface area contributed by atoms with Gasteiger partial charge in [0.2, 0.25) is 6.79 Å². The molecule has 0 spiro atoms. The van der Waals surface area contributed by atoms with Gasteiger partial charge in [0.1, 0.15) is 17.0 Å². The van der Waals surface area contributed by atoms with E-state index >= 15 is 0 Å². The summed E-state index contributed by atoms with van der Waals surface area (Å²) in [6.45, 7) is 9.42. The third-order valence-corrected chi connectivity index (χ3v) is 7.42. The summed E-state index contributed by atoms with van der Waals surface area (Å²) >= 11 is 1.70. The fraction of sp³-hybridized carbons (Fsp3) is 0.308. The molecule has 6 rings (SSSR count). The van der Waals surface area contributed by atoms with Crippen molar-refractivity contribution < 1.29 is 9.47 Å². The Kier molecular flexibility index (Phi) is 5.15. The summed E-state index contributed by atoms with van der Waals surface area (Å²) in [7, 11) is 0. The number of hydrogen-bond donors (Lipinski definition) is 0. The lowest BCUT2D eigenvalue weighted by Gasteiger charge is -2.35. The summed E-state index contributed by atoms with van der Waals surface area (Å²) in [6, 6.07) is 12.9. The zero-order chi connectivity index (χ0) is 22.4. The van der Waals surface area contributed by atoms with E-state index in [9.17, 15) is 0 Å². The normalized spacial score (nSPS) is 16.0. The number of aryl methyl sites for hydroxylation is 2. The molecule has 0 bridgehead atoms. The Labute approximate surface area is 197 Å². The summed E-state index contributed by atoms with van der Waals surface area (Å²) in [5, 5.41) is 3.41. The molecule has 0 N–H and O–H groups in total. The Hall–Kier alpha value is -3.16. The second kappa shape index (κ2) is 8.32. The van der Waals surface area contributed by atoms with Crippen molar-refractivity contribution in [2.24, 2.45) is 0 Å². The maximum absolute atomic E-state index is 5.54. The smallest absolute Gasteiger partial charge is 0.231 e. The van der Waals surface area contributed by atoms with Gasteiger partial charge in [0.05, 0.1) is 5.39 Å². The molecule has 0 aliphatic carbocycles. The van der Waals surface area contributed by atoms with Crippen LogP contribution in [0.3, 0.4) is 0 Å². The first-order valence-electron chi connectivity index (χ1n) is 11.3. The van der Waals surface area contributed by atoms with Crippen molar-refractivity contribution in [1.29, 1.82) is 0 Å². The van der Waals surface area contributed by atoms with Crippen LogP contribution in [0.15, 0.2) is 48.1 Å². The van der Waals surface area contributed by atoms with Gasteiger partial charge in [-0.15, -0.1) is 11.3 Å². The minimum Gasteiger partial charge on any atom is -0.454 e. The van der Waals surface area contributed by atoms with E-state index < -0.39 is 0 Å². The second-order valence-electron chi connectivity index (χ2n) is 8.80. The number of benzene rings is 2. The number of piperazine rings is 1. The van der Waals surface area contributed by atoms with E-state index in [4.69, 9.17) is 14.5 Å². The molecular weight excluding hydrogens is 432 g/mol. The summed E-state index contributed by atoms with van der Waals surface area (Å²) < 4.78 is 11.0. The average molecular weight is 459 g/mol. The predicted octanol–water partition coefficient (Wildman–Crippen LogP) is 5.03. The van der Waals surface area contributed by atoms with Gasteiger partial charge in [-0.3, -0.25) is 4.90 Å². The lowest BCUT2D eigenvalue weighted by atomic mass is 9.99. The molecular formula is C26H26N4O2S. The summed E-state index contributed by atoms with van der Waals surface area (Å²) in [4.78, 5) is 15.3. The van der Waals surface area contributed by atoms with E-state index in [0.29, 0.717) is 6.79 Å². The molecule has 6 nitrogen and oxygen atoms in total. The van der Waals surface area contributed by atoms with Gasteiger partial charge in [-0.25, -0.2) is 9.97 Å². The molecule has 2 aromatic carbocycles. The number of nitrogens with zero attached hydrogens (tertiary/aromatic N) is 4. The molecule has 168 valence electrons. The van der Waals surface area contributed by atoms with Crippen LogP contribution in [0.5, 0.6) is 11.5 Å². The molecule has 2 aliphatic heterocycles. The van der Waals surface area contributed by atoms with Gasteiger partial charge >= 0.3 is 0 Å². The first-order chi connectivity index (χ1) is 16.2. The summed E-state index contributed by atoms with van der Waals surface area (Å²) in [5.41, 5.74) is 6.34. The van der Waals surface area contributed by atoms with Crippen LogP contribution in [0.1, 0.15) is 16.7 Å². The largest absolute Gasteiger partial charge is 0.454 e. The van der Waals surface area contributed by atoms with Gasteiger partial charge in [0, 0.05) is 43.7 Å². The van der Waals surface area contributed by atoms with Crippen molar-refractivity contribution in [1.82, 2.24) is 14.9 Å². The van der Waals surface area contributed by atoms with Gasteiger partial charge in [-0.1, -0.05) is 29.8 Å². The molecule has 33 heavy (non-hydrogen) atoms. The van der Waals surface area contributed by atoms with E-state index in [1.165, 1.54) is 33.2 Å². The molecule has 0 saturated carbocycles. The molecule has 0 amide bonds. The van der Waals surface area contributed by atoms with Crippen LogP contribution in [-0.2, 0) is 6.54 Å². The van der Waals surface area contributed by atoms with Gasteiger partial charge in [0.25, 0.3) is 0 Å². The van der Waals surface area contributed by atoms with Crippen LogP contribution < -0.4 is 14.4 Å². The Morgan fingerprint density at radius 3 is 2.61 bits per heavy atom. The first kappa shape index (κ1) is 20.4. The van der Waals surface area contributed by atoms with Crippen molar-refractivity contribution in [2.45, 2.75) is 20.4 Å². The second-order valence-corrected chi connectivity index (χ2v) is 9.65. The molecule has 0 unspecified atom stereocenters. The SMILES string of the molecule is Cc1ccc(-c2csc3ncnc(N4CCN(Cc5ccc6c(c5)OCO6)CC4)c23)c(C)c1. The van der Waals surface area contributed by atoms with Crippen molar-refractivity contribution in [3.8, 4) is 22.6 Å². The van der Waals surface area contributed by atoms with Gasteiger partial charge in [0.15, 0.2) is 11.5 Å². The Bertz CT molecular complexity index is 1330. The average Bonchev–Trinajstić information content (AvgIpc) is 3.46. The van der Waals surface area contributed by atoms with E-state index in [-0.39, 0.29) is 0 Å². The summed E-state index contributed by atoms with van der Waals surface area (Å²) in [5.74, 6) is 2.75. The minimum atomic E-state index is 0.317. The highest BCUT2D eigenvalue weighted by Gasteiger charge is 2.23. The Balaban J connectivity index is 1.23. The van der Waals surface area contributed by atoms with Crippen LogP contribution in [-0.4, -0.2) is 47.8 Å². The van der Waals surface area contributed by atoms with E-state index in [1.807, 2.05) is 6.07 Å². The zero-order valence-corrected chi connectivity index (χ0v) is 19.7. The molecule has 2 aliphatic rings. The molecule has 0 atom stereocenters.